The van der Waals surface area contributed by atoms with Gasteiger partial charge in [0.15, 0.2) is 6.61 Å². The van der Waals surface area contributed by atoms with E-state index in [1.165, 1.54) is 0 Å². The first-order chi connectivity index (χ1) is 15.5. The van der Waals surface area contributed by atoms with Crippen molar-refractivity contribution >= 4 is 11.8 Å². The summed E-state index contributed by atoms with van der Waals surface area (Å²) < 4.78 is 5.72. The molecular weight excluding hydrogens is 404 g/mol. The van der Waals surface area contributed by atoms with Crippen molar-refractivity contribution in [1.29, 1.82) is 0 Å². The average molecular weight is 437 g/mol. The first-order valence-corrected chi connectivity index (χ1v) is 11.6. The Morgan fingerprint density at radius 3 is 2.50 bits per heavy atom. The second-order valence-electron chi connectivity index (χ2n) is 8.80. The van der Waals surface area contributed by atoms with Crippen LogP contribution in [0, 0.1) is 19.8 Å². The number of likely N-dealkylation sites (tertiary alicyclic amines) is 2. The zero-order valence-corrected chi connectivity index (χ0v) is 19.0. The molecule has 7 heteroatoms. The van der Waals surface area contributed by atoms with Gasteiger partial charge in [-0.05, 0) is 64.0 Å². The standard InChI is InChI=1S/C25H32N4O3/c1-18-22(16-26-19(2)27-18)25(31)28-14-11-20(12-15-28)23-10-6-7-13-29(23)24(30)17-32-21-8-4-3-5-9-21/h3-5,8-9,16,20,23H,6-7,10-15,17H2,1-2H3. The maximum atomic E-state index is 13.0. The van der Waals surface area contributed by atoms with Gasteiger partial charge in [0.25, 0.3) is 11.8 Å². The zero-order chi connectivity index (χ0) is 22.5. The van der Waals surface area contributed by atoms with Crippen LogP contribution in [0.5, 0.6) is 5.75 Å². The molecule has 1 atom stereocenters. The molecule has 32 heavy (non-hydrogen) atoms. The summed E-state index contributed by atoms with van der Waals surface area (Å²) in [7, 11) is 0. The summed E-state index contributed by atoms with van der Waals surface area (Å²) in [5, 5.41) is 0. The molecule has 0 N–H and O–H groups in total. The van der Waals surface area contributed by atoms with Crippen LogP contribution in [0.4, 0.5) is 0 Å². The van der Waals surface area contributed by atoms with Gasteiger partial charge >= 0.3 is 0 Å². The number of carbonyl (C=O) groups is 2. The van der Waals surface area contributed by atoms with Crippen LogP contribution in [0.15, 0.2) is 36.5 Å². The number of ether oxygens (including phenoxy) is 1. The SMILES string of the molecule is Cc1ncc(C(=O)N2CCC(C3CCCCN3C(=O)COc3ccccc3)CC2)c(C)n1. The summed E-state index contributed by atoms with van der Waals surface area (Å²) >= 11 is 0. The monoisotopic (exact) mass is 436 g/mol. The van der Waals surface area contributed by atoms with E-state index >= 15 is 0 Å². The number of aromatic nitrogens is 2. The van der Waals surface area contributed by atoms with E-state index in [9.17, 15) is 9.59 Å². The Bertz CT molecular complexity index is 941. The van der Waals surface area contributed by atoms with Crippen molar-refractivity contribution in [1.82, 2.24) is 19.8 Å². The number of carbonyl (C=O) groups excluding carboxylic acids is 2. The van der Waals surface area contributed by atoms with Gasteiger partial charge in [-0.3, -0.25) is 9.59 Å². The lowest BCUT2D eigenvalue weighted by Crippen LogP contribution is -2.52. The molecule has 2 aliphatic heterocycles. The van der Waals surface area contributed by atoms with E-state index in [4.69, 9.17) is 4.74 Å². The lowest BCUT2D eigenvalue weighted by Gasteiger charge is -2.43. The largest absolute Gasteiger partial charge is 0.484 e. The molecule has 1 unspecified atom stereocenters. The summed E-state index contributed by atoms with van der Waals surface area (Å²) in [6, 6.07) is 9.71. The molecule has 2 aliphatic rings. The Balaban J connectivity index is 1.34. The van der Waals surface area contributed by atoms with E-state index in [1.54, 1.807) is 6.20 Å². The van der Waals surface area contributed by atoms with E-state index in [1.807, 2.05) is 54.0 Å². The molecule has 0 aliphatic carbocycles. The van der Waals surface area contributed by atoms with Crippen LogP contribution in [-0.2, 0) is 4.79 Å². The van der Waals surface area contributed by atoms with Crippen LogP contribution >= 0.6 is 0 Å². The van der Waals surface area contributed by atoms with Crippen LogP contribution in [0.3, 0.4) is 0 Å². The highest BCUT2D eigenvalue weighted by molar-refractivity contribution is 5.95. The number of piperidine rings is 2. The summed E-state index contributed by atoms with van der Waals surface area (Å²) in [4.78, 5) is 38.4. The van der Waals surface area contributed by atoms with Crippen molar-refractivity contribution in [2.24, 2.45) is 5.92 Å². The van der Waals surface area contributed by atoms with Crippen LogP contribution in [0.25, 0.3) is 0 Å². The third-order valence-corrected chi connectivity index (χ3v) is 6.68. The molecule has 2 saturated heterocycles. The van der Waals surface area contributed by atoms with Crippen molar-refractivity contribution in [2.75, 3.05) is 26.2 Å². The van der Waals surface area contributed by atoms with Crippen molar-refractivity contribution in [3.05, 3.63) is 53.6 Å². The van der Waals surface area contributed by atoms with E-state index in [0.29, 0.717) is 30.4 Å². The van der Waals surface area contributed by atoms with Gasteiger partial charge in [0.2, 0.25) is 0 Å². The topological polar surface area (TPSA) is 75.6 Å². The molecule has 0 radical (unpaired) electrons. The van der Waals surface area contributed by atoms with Gasteiger partial charge in [0.1, 0.15) is 11.6 Å². The van der Waals surface area contributed by atoms with Crippen molar-refractivity contribution < 1.29 is 14.3 Å². The van der Waals surface area contributed by atoms with Gasteiger partial charge in [0.05, 0.1) is 11.3 Å². The van der Waals surface area contributed by atoms with E-state index in [0.717, 1.165) is 50.1 Å². The van der Waals surface area contributed by atoms with E-state index in [2.05, 4.69) is 9.97 Å². The average Bonchev–Trinajstić information content (AvgIpc) is 2.83. The van der Waals surface area contributed by atoms with Gasteiger partial charge in [-0.2, -0.15) is 0 Å². The maximum absolute atomic E-state index is 13.0. The Morgan fingerprint density at radius 2 is 1.78 bits per heavy atom. The smallest absolute Gasteiger partial charge is 0.260 e. The first-order valence-electron chi connectivity index (χ1n) is 11.6. The molecule has 0 spiro atoms. The molecule has 1 aromatic heterocycles. The molecule has 2 fully saturated rings. The molecule has 170 valence electrons. The molecule has 2 amide bonds. The van der Waals surface area contributed by atoms with Crippen molar-refractivity contribution in [3.63, 3.8) is 0 Å². The molecule has 7 nitrogen and oxygen atoms in total. The Labute approximate surface area is 189 Å². The van der Waals surface area contributed by atoms with Crippen LogP contribution in [-0.4, -0.2) is 63.9 Å². The fraction of sp³-hybridized carbons (Fsp3) is 0.520. The maximum Gasteiger partial charge on any atom is 0.260 e. The Kier molecular flexibility index (Phi) is 7.02. The van der Waals surface area contributed by atoms with Gasteiger partial charge in [-0.15, -0.1) is 0 Å². The van der Waals surface area contributed by atoms with Gasteiger partial charge in [0, 0.05) is 31.9 Å². The molecule has 2 aromatic rings. The lowest BCUT2D eigenvalue weighted by molar-refractivity contribution is -0.139. The molecular formula is C25H32N4O3. The molecule has 0 bridgehead atoms. The second kappa shape index (κ2) is 10.1. The number of rotatable bonds is 5. The minimum Gasteiger partial charge on any atom is -0.484 e. The fourth-order valence-corrected chi connectivity index (χ4v) is 4.95. The predicted octanol–water partition coefficient (Wildman–Crippen LogP) is 3.41. The first kappa shape index (κ1) is 22.2. The quantitative estimate of drug-likeness (QED) is 0.718. The minimum atomic E-state index is 0.00814. The number of nitrogens with zero attached hydrogens (tertiary/aromatic N) is 4. The van der Waals surface area contributed by atoms with Gasteiger partial charge < -0.3 is 14.5 Å². The van der Waals surface area contributed by atoms with E-state index < -0.39 is 0 Å². The van der Waals surface area contributed by atoms with Gasteiger partial charge in [-0.1, -0.05) is 18.2 Å². The molecule has 4 rings (SSSR count). The predicted molar refractivity (Wildman–Crippen MR) is 121 cm³/mol. The number of hydrogen-bond acceptors (Lipinski definition) is 5. The Hall–Kier alpha value is -2.96. The number of hydrogen-bond donors (Lipinski definition) is 0. The normalized spacial score (nSPS) is 19.6. The molecule has 0 saturated carbocycles. The fourth-order valence-electron chi connectivity index (χ4n) is 4.95. The van der Waals surface area contributed by atoms with Gasteiger partial charge in [-0.25, -0.2) is 9.97 Å². The summed E-state index contributed by atoms with van der Waals surface area (Å²) in [6.07, 6.45) is 6.67. The van der Waals surface area contributed by atoms with Crippen molar-refractivity contribution in [2.45, 2.75) is 52.0 Å². The lowest BCUT2D eigenvalue weighted by atomic mass is 9.83. The number of para-hydroxylation sites is 1. The van der Waals surface area contributed by atoms with Crippen LogP contribution < -0.4 is 4.74 Å². The summed E-state index contributed by atoms with van der Waals surface area (Å²) in [5.74, 6) is 1.88. The highest BCUT2D eigenvalue weighted by Gasteiger charge is 2.36. The van der Waals surface area contributed by atoms with Crippen molar-refractivity contribution in [3.8, 4) is 5.75 Å². The van der Waals surface area contributed by atoms with Crippen LogP contribution in [0.2, 0.25) is 0 Å². The molecule has 1 aromatic carbocycles. The Morgan fingerprint density at radius 1 is 1.03 bits per heavy atom. The zero-order valence-electron chi connectivity index (χ0n) is 19.0. The number of amides is 2. The summed E-state index contributed by atoms with van der Waals surface area (Å²) in [5.41, 5.74) is 1.31. The third-order valence-electron chi connectivity index (χ3n) is 6.68. The highest BCUT2D eigenvalue weighted by atomic mass is 16.5. The molecule has 3 heterocycles. The second-order valence-corrected chi connectivity index (χ2v) is 8.80. The van der Waals surface area contributed by atoms with E-state index in [-0.39, 0.29) is 24.5 Å². The third kappa shape index (κ3) is 5.09. The summed E-state index contributed by atoms with van der Waals surface area (Å²) in [6.45, 7) is 5.96. The number of benzene rings is 1. The van der Waals surface area contributed by atoms with Crippen LogP contribution in [0.1, 0.15) is 54.0 Å². The minimum absolute atomic E-state index is 0.00814. The highest BCUT2D eigenvalue weighted by Crippen LogP contribution is 2.31. The number of aryl methyl sites for hydroxylation is 2.